The third kappa shape index (κ3) is 2.36. The molecule has 0 unspecified atom stereocenters. The van der Waals surface area contributed by atoms with Crippen LogP contribution in [0.3, 0.4) is 0 Å². The molecule has 106 valence electrons. The minimum Gasteiger partial charge on any atom is -0.495 e. The number of rotatable bonds is 3. The van der Waals surface area contributed by atoms with Gasteiger partial charge in [0.2, 0.25) is 0 Å². The van der Waals surface area contributed by atoms with Crippen LogP contribution >= 0.6 is 15.9 Å². The number of carbonyl (C=O) groups is 1. The molecule has 6 nitrogen and oxygen atoms in total. The first-order chi connectivity index (χ1) is 10.1. The Balaban J connectivity index is 2.20. The largest absolute Gasteiger partial charge is 0.495 e. The zero-order valence-corrected chi connectivity index (χ0v) is 12.5. The number of fused-ring (bicyclic) bond motifs is 1. The summed E-state index contributed by atoms with van der Waals surface area (Å²) < 4.78 is 7.66. The van der Waals surface area contributed by atoms with Gasteiger partial charge in [0, 0.05) is 6.07 Å². The van der Waals surface area contributed by atoms with Crippen LogP contribution in [0.1, 0.15) is 10.4 Å². The molecule has 0 amide bonds. The van der Waals surface area contributed by atoms with Gasteiger partial charge in [0.15, 0.2) is 0 Å². The standard InChI is InChI=1S/C14H10BrN3O3/c1-21-13-7-9(3-4-10(13)15)18-12-6-8(14(19)20)2-5-11(12)16-17-18/h2-7H,1H3,(H,19,20). The van der Waals surface area contributed by atoms with E-state index in [9.17, 15) is 4.79 Å². The van der Waals surface area contributed by atoms with Crippen LogP contribution in [0.2, 0.25) is 0 Å². The van der Waals surface area contributed by atoms with Gasteiger partial charge in [-0.2, -0.15) is 0 Å². The van der Waals surface area contributed by atoms with E-state index < -0.39 is 5.97 Å². The van der Waals surface area contributed by atoms with E-state index in [-0.39, 0.29) is 5.56 Å². The van der Waals surface area contributed by atoms with Crippen molar-refractivity contribution in [2.24, 2.45) is 0 Å². The van der Waals surface area contributed by atoms with E-state index in [1.807, 2.05) is 12.1 Å². The molecule has 0 saturated heterocycles. The average Bonchev–Trinajstić information content (AvgIpc) is 2.90. The fourth-order valence-electron chi connectivity index (χ4n) is 2.02. The maximum atomic E-state index is 11.1. The Kier molecular flexibility index (Phi) is 3.34. The molecule has 1 aromatic heterocycles. The molecule has 0 fully saturated rings. The molecule has 0 saturated carbocycles. The molecule has 1 heterocycles. The highest BCUT2D eigenvalue weighted by Gasteiger charge is 2.12. The van der Waals surface area contributed by atoms with Gasteiger partial charge in [-0.15, -0.1) is 5.10 Å². The van der Waals surface area contributed by atoms with Gasteiger partial charge in [-0.05, 0) is 46.3 Å². The lowest BCUT2D eigenvalue weighted by molar-refractivity contribution is 0.0697. The number of carboxylic acids is 1. The van der Waals surface area contributed by atoms with Gasteiger partial charge in [0.25, 0.3) is 0 Å². The van der Waals surface area contributed by atoms with Gasteiger partial charge in [-0.3, -0.25) is 0 Å². The number of hydrogen-bond acceptors (Lipinski definition) is 4. The van der Waals surface area contributed by atoms with Crippen molar-refractivity contribution in [2.45, 2.75) is 0 Å². The summed E-state index contributed by atoms with van der Waals surface area (Å²) in [5, 5.41) is 17.2. The number of hydrogen-bond donors (Lipinski definition) is 1. The number of carboxylic acid groups (broad SMARTS) is 1. The predicted octanol–water partition coefficient (Wildman–Crippen LogP) is 2.89. The van der Waals surface area contributed by atoms with Gasteiger partial charge in [-0.25, -0.2) is 9.48 Å². The van der Waals surface area contributed by atoms with Gasteiger partial charge in [-0.1, -0.05) is 5.21 Å². The Labute approximate surface area is 128 Å². The molecule has 2 aromatic carbocycles. The molecule has 21 heavy (non-hydrogen) atoms. The van der Waals surface area contributed by atoms with Crippen LogP contribution in [-0.4, -0.2) is 33.2 Å². The van der Waals surface area contributed by atoms with Gasteiger partial charge >= 0.3 is 5.97 Å². The summed E-state index contributed by atoms with van der Waals surface area (Å²) >= 11 is 3.39. The van der Waals surface area contributed by atoms with Crippen LogP contribution in [0, 0.1) is 0 Å². The third-order valence-electron chi connectivity index (χ3n) is 3.07. The number of aromatic nitrogens is 3. The molecule has 0 aliphatic carbocycles. The number of aromatic carboxylic acids is 1. The highest BCUT2D eigenvalue weighted by molar-refractivity contribution is 9.10. The van der Waals surface area contributed by atoms with Crippen molar-refractivity contribution in [3.05, 3.63) is 46.4 Å². The normalized spacial score (nSPS) is 10.8. The predicted molar refractivity (Wildman–Crippen MR) is 80.1 cm³/mol. The summed E-state index contributed by atoms with van der Waals surface area (Å²) in [6.07, 6.45) is 0. The first kappa shape index (κ1) is 13.6. The van der Waals surface area contributed by atoms with Crippen LogP contribution in [0.5, 0.6) is 5.75 Å². The monoisotopic (exact) mass is 347 g/mol. The highest BCUT2D eigenvalue weighted by atomic mass is 79.9. The molecule has 0 spiro atoms. The second kappa shape index (κ2) is 5.17. The lowest BCUT2D eigenvalue weighted by Crippen LogP contribution is -2.00. The van der Waals surface area contributed by atoms with E-state index >= 15 is 0 Å². The molecular weight excluding hydrogens is 338 g/mol. The van der Waals surface area contributed by atoms with E-state index in [4.69, 9.17) is 9.84 Å². The lowest BCUT2D eigenvalue weighted by atomic mass is 10.2. The summed E-state index contributed by atoms with van der Waals surface area (Å²) in [7, 11) is 1.58. The van der Waals surface area contributed by atoms with E-state index in [0.29, 0.717) is 16.8 Å². The second-order valence-electron chi connectivity index (χ2n) is 4.33. The second-order valence-corrected chi connectivity index (χ2v) is 5.18. The fourth-order valence-corrected chi connectivity index (χ4v) is 2.43. The molecule has 0 radical (unpaired) electrons. The molecule has 3 aromatic rings. The fraction of sp³-hybridized carbons (Fsp3) is 0.0714. The van der Waals surface area contributed by atoms with Gasteiger partial charge in [0.1, 0.15) is 11.3 Å². The Hall–Kier alpha value is -2.41. The number of halogens is 1. The number of ether oxygens (including phenoxy) is 1. The summed E-state index contributed by atoms with van der Waals surface area (Å²) in [5.74, 6) is -0.330. The van der Waals surface area contributed by atoms with E-state index in [1.165, 1.54) is 6.07 Å². The van der Waals surface area contributed by atoms with Crippen molar-refractivity contribution in [1.29, 1.82) is 0 Å². The quantitative estimate of drug-likeness (QED) is 0.788. The lowest BCUT2D eigenvalue weighted by Gasteiger charge is -2.07. The number of benzene rings is 2. The van der Waals surface area contributed by atoms with Crippen molar-refractivity contribution in [3.63, 3.8) is 0 Å². The van der Waals surface area contributed by atoms with E-state index in [0.717, 1.165) is 10.2 Å². The minimum absolute atomic E-state index is 0.190. The van der Waals surface area contributed by atoms with Crippen LogP contribution < -0.4 is 4.74 Å². The Bertz CT molecular complexity index is 845. The van der Waals surface area contributed by atoms with Crippen molar-refractivity contribution in [3.8, 4) is 11.4 Å². The number of methoxy groups -OCH3 is 1. The van der Waals surface area contributed by atoms with Crippen LogP contribution in [0.4, 0.5) is 0 Å². The van der Waals surface area contributed by atoms with Crippen molar-refractivity contribution >= 4 is 32.9 Å². The summed E-state index contributed by atoms with van der Waals surface area (Å²) in [6, 6.07) is 10.2. The van der Waals surface area contributed by atoms with Crippen LogP contribution in [0.25, 0.3) is 16.7 Å². The molecule has 3 rings (SSSR count). The zero-order chi connectivity index (χ0) is 15.0. The Morgan fingerprint density at radius 2 is 2.10 bits per heavy atom. The molecular formula is C14H10BrN3O3. The molecule has 0 atom stereocenters. The first-order valence-electron chi connectivity index (χ1n) is 6.03. The molecule has 7 heteroatoms. The maximum absolute atomic E-state index is 11.1. The van der Waals surface area contributed by atoms with Crippen LogP contribution in [-0.2, 0) is 0 Å². The summed E-state index contributed by atoms with van der Waals surface area (Å²) in [5.41, 5.74) is 2.18. The highest BCUT2D eigenvalue weighted by Crippen LogP contribution is 2.28. The molecule has 0 aliphatic rings. The van der Waals surface area contributed by atoms with Gasteiger partial charge in [0.05, 0.1) is 28.4 Å². The van der Waals surface area contributed by atoms with Gasteiger partial charge < -0.3 is 9.84 Å². The maximum Gasteiger partial charge on any atom is 0.335 e. The average molecular weight is 348 g/mol. The molecule has 0 aliphatic heterocycles. The SMILES string of the molecule is COc1cc(-n2nnc3ccc(C(=O)O)cc32)ccc1Br. The van der Waals surface area contributed by atoms with Crippen LogP contribution in [0.15, 0.2) is 40.9 Å². The van der Waals surface area contributed by atoms with Crippen molar-refractivity contribution < 1.29 is 14.6 Å². The minimum atomic E-state index is -0.988. The van der Waals surface area contributed by atoms with E-state index in [2.05, 4.69) is 26.2 Å². The Morgan fingerprint density at radius 3 is 2.81 bits per heavy atom. The molecule has 0 bridgehead atoms. The molecule has 1 N–H and O–H groups in total. The zero-order valence-electron chi connectivity index (χ0n) is 10.9. The topological polar surface area (TPSA) is 77.2 Å². The third-order valence-corrected chi connectivity index (χ3v) is 3.73. The van der Waals surface area contributed by atoms with E-state index in [1.54, 1.807) is 30.0 Å². The van der Waals surface area contributed by atoms with Crippen molar-refractivity contribution in [1.82, 2.24) is 15.0 Å². The number of nitrogens with zero attached hydrogens (tertiary/aromatic N) is 3. The smallest absolute Gasteiger partial charge is 0.335 e. The van der Waals surface area contributed by atoms with Crippen molar-refractivity contribution in [2.75, 3.05) is 7.11 Å². The summed E-state index contributed by atoms with van der Waals surface area (Å²) in [6.45, 7) is 0. The Morgan fingerprint density at radius 1 is 1.29 bits per heavy atom. The first-order valence-corrected chi connectivity index (χ1v) is 6.82. The summed E-state index contributed by atoms with van der Waals surface area (Å²) in [4.78, 5) is 11.1.